The number of fused-ring (bicyclic) bond motifs is 3. The molecule has 0 unspecified atom stereocenters. The fourth-order valence-electron chi connectivity index (χ4n) is 3.00. The molecule has 0 bridgehead atoms. The van der Waals surface area contributed by atoms with Gasteiger partial charge in [-0.3, -0.25) is 4.98 Å². The van der Waals surface area contributed by atoms with Gasteiger partial charge in [0.15, 0.2) is 5.82 Å². The topological polar surface area (TPSA) is 43.6 Å². The molecule has 0 saturated heterocycles. The zero-order valence-electron chi connectivity index (χ0n) is 13.1. The van der Waals surface area contributed by atoms with Gasteiger partial charge in [-0.05, 0) is 24.6 Å². The largest absolute Gasteiger partial charge is 0.338 e. The Morgan fingerprint density at radius 3 is 2.74 bits per heavy atom. The maximum Gasteiger partial charge on any atom is 0.161 e. The van der Waals surface area contributed by atoms with Crippen LogP contribution in [-0.4, -0.2) is 19.5 Å². The Morgan fingerprint density at radius 1 is 1.00 bits per heavy atom. The van der Waals surface area contributed by atoms with Crippen molar-refractivity contribution in [1.29, 1.82) is 0 Å². The van der Waals surface area contributed by atoms with E-state index < -0.39 is 0 Å². The fraction of sp³-hybridized carbons (Fsp3) is 0.211. The van der Waals surface area contributed by atoms with Gasteiger partial charge in [0.25, 0.3) is 0 Å². The van der Waals surface area contributed by atoms with Crippen LogP contribution in [0.4, 0.5) is 0 Å². The molecule has 4 rings (SSSR count). The number of unbranched alkanes of at least 4 members (excludes halogenated alkanes) is 1. The van der Waals surface area contributed by atoms with E-state index in [1.807, 2.05) is 18.3 Å². The predicted octanol–water partition coefficient (Wildman–Crippen LogP) is 4.45. The molecule has 0 aliphatic rings. The van der Waals surface area contributed by atoms with Crippen molar-refractivity contribution in [1.82, 2.24) is 19.5 Å². The summed E-state index contributed by atoms with van der Waals surface area (Å²) in [6.45, 7) is 3.21. The Morgan fingerprint density at radius 2 is 1.91 bits per heavy atom. The first-order chi connectivity index (χ1) is 11.4. The second-order valence-corrected chi connectivity index (χ2v) is 5.69. The minimum atomic E-state index is 0.726. The summed E-state index contributed by atoms with van der Waals surface area (Å²) >= 11 is 0. The third-order valence-corrected chi connectivity index (χ3v) is 4.17. The molecule has 0 N–H and O–H groups in total. The lowest BCUT2D eigenvalue weighted by molar-refractivity contribution is 0.664. The lowest BCUT2D eigenvalue weighted by Crippen LogP contribution is -1.98. The van der Waals surface area contributed by atoms with Crippen LogP contribution in [0.1, 0.15) is 19.8 Å². The van der Waals surface area contributed by atoms with Crippen LogP contribution in [0.5, 0.6) is 0 Å². The highest BCUT2D eigenvalue weighted by Crippen LogP contribution is 2.29. The van der Waals surface area contributed by atoms with E-state index in [0.29, 0.717) is 0 Å². The molecule has 0 radical (unpaired) electrons. The number of benzene rings is 1. The molecule has 114 valence electrons. The van der Waals surface area contributed by atoms with Crippen LogP contribution in [0.25, 0.3) is 33.3 Å². The molecule has 3 aromatic heterocycles. The summed E-state index contributed by atoms with van der Waals surface area (Å²) < 4.78 is 2.33. The normalized spacial score (nSPS) is 11.3. The van der Waals surface area contributed by atoms with Gasteiger partial charge < -0.3 is 4.57 Å². The summed E-state index contributed by atoms with van der Waals surface area (Å²) in [4.78, 5) is 13.6. The van der Waals surface area contributed by atoms with Crippen molar-refractivity contribution >= 4 is 21.9 Å². The molecule has 4 aromatic rings. The zero-order chi connectivity index (χ0) is 15.6. The highest BCUT2D eigenvalue weighted by molar-refractivity contribution is 6.05. The summed E-state index contributed by atoms with van der Waals surface area (Å²) in [6.07, 6.45) is 7.83. The van der Waals surface area contributed by atoms with E-state index in [1.54, 1.807) is 12.4 Å². The minimum absolute atomic E-state index is 0.726. The molecule has 0 aliphatic heterocycles. The summed E-state index contributed by atoms with van der Waals surface area (Å²) in [5, 5.41) is 1.19. The van der Waals surface area contributed by atoms with Gasteiger partial charge in [0.1, 0.15) is 5.52 Å². The zero-order valence-corrected chi connectivity index (χ0v) is 13.1. The maximum absolute atomic E-state index is 4.83. The number of aromatic nitrogens is 4. The van der Waals surface area contributed by atoms with E-state index in [2.05, 4.69) is 45.7 Å². The van der Waals surface area contributed by atoms with E-state index in [-0.39, 0.29) is 0 Å². The Kier molecular flexibility index (Phi) is 3.50. The molecule has 1 aromatic carbocycles. The van der Waals surface area contributed by atoms with Gasteiger partial charge >= 0.3 is 0 Å². The first kappa shape index (κ1) is 13.9. The Balaban J connectivity index is 1.96. The van der Waals surface area contributed by atoms with Crippen LogP contribution in [0, 0.1) is 0 Å². The third kappa shape index (κ3) is 2.36. The van der Waals surface area contributed by atoms with Gasteiger partial charge in [-0.1, -0.05) is 31.5 Å². The number of hydrogen-bond donors (Lipinski definition) is 0. The first-order valence-electron chi connectivity index (χ1n) is 8.03. The Hall–Kier alpha value is -2.75. The predicted molar refractivity (Wildman–Crippen MR) is 93.2 cm³/mol. The van der Waals surface area contributed by atoms with Crippen LogP contribution in [0.3, 0.4) is 0 Å². The molecule has 4 heteroatoms. The number of aryl methyl sites for hydroxylation is 1. The van der Waals surface area contributed by atoms with Crippen molar-refractivity contribution in [3.63, 3.8) is 0 Å². The van der Waals surface area contributed by atoms with Crippen LogP contribution < -0.4 is 0 Å². The smallest absolute Gasteiger partial charge is 0.161 e. The van der Waals surface area contributed by atoms with Gasteiger partial charge in [-0.25, -0.2) is 9.97 Å². The number of hydrogen-bond acceptors (Lipinski definition) is 3. The molecular weight excluding hydrogens is 284 g/mol. The Labute approximate surface area is 134 Å². The number of para-hydroxylation sites is 1. The molecule has 23 heavy (non-hydrogen) atoms. The highest BCUT2D eigenvalue weighted by Gasteiger charge is 2.13. The summed E-state index contributed by atoms with van der Waals surface area (Å²) in [5.74, 6) is 0.726. The van der Waals surface area contributed by atoms with Crippen LogP contribution in [0.15, 0.2) is 55.0 Å². The molecule has 0 amide bonds. The average Bonchev–Trinajstić information content (AvgIpc) is 2.94. The van der Waals surface area contributed by atoms with Crippen LogP contribution in [-0.2, 0) is 6.54 Å². The van der Waals surface area contributed by atoms with Crippen molar-refractivity contribution < 1.29 is 0 Å². The molecule has 0 fully saturated rings. The van der Waals surface area contributed by atoms with Crippen molar-refractivity contribution in [3.05, 3.63) is 55.0 Å². The molecule has 4 nitrogen and oxygen atoms in total. The summed E-state index contributed by atoms with van der Waals surface area (Å²) in [6, 6.07) is 12.4. The van der Waals surface area contributed by atoms with Gasteiger partial charge in [0.2, 0.25) is 0 Å². The second-order valence-electron chi connectivity index (χ2n) is 5.69. The van der Waals surface area contributed by atoms with Crippen LogP contribution >= 0.6 is 0 Å². The van der Waals surface area contributed by atoms with E-state index in [0.717, 1.165) is 35.4 Å². The van der Waals surface area contributed by atoms with E-state index in [4.69, 9.17) is 4.98 Å². The van der Waals surface area contributed by atoms with Crippen LogP contribution in [0.2, 0.25) is 0 Å². The SMILES string of the molecule is CCCCn1c2ccccc2c2nc(-c3cccnc3)ncc21. The van der Waals surface area contributed by atoms with Gasteiger partial charge in [0, 0.05) is 29.9 Å². The van der Waals surface area contributed by atoms with Gasteiger partial charge in [0.05, 0.1) is 17.2 Å². The van der Waals surface area contributed by atoms with Crippen molar-refractivity contribution in [2.45, 2.75) is 26.3 Å². The monoisotopic (exact) mass is 302 g/mol. The maximum atomic E-state index is 4.83. The molecule has 0 atom stereocenters. The number of pyridine rings is 1. The number of nitrogens with zero attached hydrogens (tertiary/aromatic N) is 4. The second kappa shape index (κ2) is 5.80. The van der Waals surface area contributed by atoms with E-state index >= 15 is 0 Å². The average molecular weight is 302 g/mol. The molecule has 0 spiro atoms. The van der Waals surface area contributed by atoms with E-state index in [1.165, 1.54) is 17.3 Å². The summed E-state index contributed by atoms with van der Waals surface area (Å²) in [5.41, 5.74) is 4.30. The van der Waals surface area contributed by atoms with Gasteiger partial charge in [-0.15, -0.1) is 0 Å². The first-order valence-corrected chi connectivity index (χ1v) is 8.03. The minimum Gasteiger partial charge on any atom is -0.338 e. The van der Waals surface area contributed by atoms with Crippen molar-refractivity contribution in [3.8, 4) is 11.4 Å². The van der Waals surface area contributed by atoms with E-state index in [9.17, 15) is 0 Å². The standard InChI is InChI=1S/C19H18N4/c1-2-3-11-23-16-9-5-4-8-15(16)18-17(23)13-21-19(22-18)14-7-6-10-20-12-14/h4-10,12-13H,2-3,11H2,1H3. The third-order valence-electron chi connectivity index (χ3n) is 4.17. The molecule has 0 aliphatic carbocycles. The molecular formula is C19H18N4. The van der Waals surface area contributed by atoms with Gasteiger partial charge in [-0.2, -0.15) is 0 Å². The molecule has 3 heterocycles. The lowest BCUT2D eigenvalue weighted by atomic mass is 10.2. The Bertz CT molecular complexity index is 957. The fourth-order valence-corrected chi connectivity index (χ4v) is 3.00. The number of rotatable bonds is 4. The summed E-state index contributed by atoms with van der Waals surface area (Å²) in [7, 11) is 0. The van der Waals surface area contributed by atoms with Crippen molar-refractivity contribution in [2.75, 3.05) is 0 Å². The lowest BCUT2D eigenvalue weighted by Gasteiger charge is -2.06. The molecule has 0 saturated carbocycles. The van der Waals surface area contributed by atoms with Crippen molar-refractivity contribution in [2.24, 2.45) is 0 Å². The highest BCUT2D eigenvalue weighted by atomic mass is 15.0. The quantitative estimate of drug-likeness (QED) is 0.559.